The van der Waals surface area contributed by atoms with Crippen LogP contribution in [-0.4, -0.2) is 42.7 Å². The van der Waals surface area contributed by atoms with E-state index in [1.54, 1.807) is 17.9 Å². The zero-order valence-corrected chi connectivity index (χ0v) is 11.5. The van der Waals surface area contributed by atoms with Crippen molar-refractivity contribution in [1.29, 1.82) is 0 Å². The molecule has 2 N–H and O–H groups in total. The largest absolute Gasteiger partial charge is 0.393 e. The molecule has 100 valence electrons. The first-order valence-electron chi connectivity index (χ1n) is 5.71. The minimum Gasteiger partial charge on any atom is -0.393 e. The van der Waals surface area contributed by atoms with Crippen LogP contribution in [-0.2, 0) is 0 Å². The molecule has 1 amide bonds. The number of amides is 1. The van der Waals surface area contributed by atoms with Crippen LogP contribution in [0.4, 0.5) is 5.82 Å². The standard InChI is InChI=1S/C12H18ClN3O2/c1-8(17)4-5-14-12(18)9-6-10(13)15-11(7-9)16(2)3/h6-8,17H,4-5H2,1-3H3,(H,14,18). The second-order valence-corrected chi connectivity index (χ2v) is 4.71. The minimum atomic E-state index is -0.427. The van der Waals surface area contributed by atoms with Gasteiger partial charge < -0.3 is 15.3 Å². The van der Waals surface area contributed by atoms with Crippen molar-refractivity contribution in [3.8, 4) is 0 Å². The summed E-state index contributed by atoms with van der Waals surface area (Å²) >= 11 is 5.86. The Morgan fingerprint density at radius 1 is 1.56 bits per heavy atom. The molecular weight excluding hydrogens is 254 g/mol. The van der Waals surface area contributed by atoms with E-state index >= 15 is 0 Å². The highest BCUT2D eigenvalue weighted by molar-refractivity contribution is 6.29. The number of carbonyl (C=O) groups is 1. The van der Waals surface area contributed by atoms with E-state index in [2.05, 4.69) is 10.3 Å². The Balaban J connectivity index is 2.73. The van der Waals surface area contributed by atoms with Gasteiger partial charge >= 0.3 is 0 Å². The van der Waals surface area contributed by atoms with Crippen molar-refractivity contribution in [1.82, 2.24) is 10.3 Å². The van der Waals surface area contributed by atoms with Crippen LogP contribution in [0.15, 0.2) is 12.1 Å². The molecule has 0 fully saturated rings. The molecule has 1 unspecified atom stereocenters. The summed E-state index contributed by atoms with van der Waals surface area (Å²) in [6.45, 7) is 2.10. The van der Waals surface area contributed by atoms with Crippen LogP contribution in [0.25, 0.3) is 0 Å². The number of carbonyl (C=O) groups excluding carboxylic acids is 1. The second kappa shape index (κ2) is 6.56. The number of pyridine rings is 1. The molecule has 0 spiro atoms. The maximum atomic E-state index is 11.9. The minimum absolute atomic E-state index is 0.219. The zero-order chi connectivity index (χ0) is 13.7. The molecule has 0 radical (unpaired) electrons. The van der Waals surface area contributed by atoms with Crippen LogP contribution in [0.2, 0.25) is 5.15 Å². The highest BCUT2D eigenvalue weighted by Gasteiger charge is 2.10. The van der Waals surface area contributed by atoms with Crippen LogP contribution < -0.4 is 10.2 Å². The fourth-order valence-corrected chi connectivity index (χ4v) is 1.54. The molecule has 18 heavy (non-hydrogen) atoms. The SMILES string of the molecule is CC(O)CCNC(=O)c1cc(Cl)nc(N(C)C)c1. The second-order valence-electron chi connectivity index (χ2n) is 4.32. The quantitative estimate of drug-likeness (QED) is 0.793. The van der Waals surface area contributed by atoms with Gasteiger partial charge in [-0.25, -0.2) is 4.98 Å². The van der Waals surface area contributed by atoms with Gasteiger partial charge in [-0.15, -0.1) is 0 Å². The highest BCUT2D eigenvalue weighted by Crippen LogP contribution is 2.16. The van der Waals surface area contributed by atoms with Gasteiger partial charge in [-0.1, -0.05) is 11.6 Å². The summed E-state index contributed by atoms with van der Waals surface area (Å²) < 4.78 is 0. The molecule has 6 heteroatoms. The molecule has 1 aromatic rings. The third-order valence-electron chi connectivity index (χ3n) is 2.35. The normalized spacial score (nSPS) is 12.1. The lowest BCUT2D eigenvalue weighted by molar-refractivity contribution is 0.0945. The van der Waals surface area contributed by atoms with Crippen molar-refractivity contribution in [3.63, 3.8) is 0 Å². The summed E-state index contributed by atoms with van der Waals surface area (Å²) in [5.74, 6) is 0.409. The summed E-state index contributed by atoms with van der Waals surface area (Å²) in [5.41, 5.74) is 0.462. The van der Waals surface area contributed by atoms with E-state index in [-0.39, 0.29) is 11.1 Å². The van der Waals surface area contributed by atoms with Gasteiger partial charge in [0.15, 0.2) is 0 Å². The van der Waals surface area contributed by atoms with Crippen LogP contribution >= 0.6 is 11.6 Å². The van der Waals surface area contributed by atoms with E-state index in [1.807, 2.05) is 14.1 Å². The molecule has 1 rings (SSSR count). The summed E-state index contributed by atoms with van der Waals surface area (Å²) in [4.78, 5) is 17.7. The van der Waals surface area contributed by atoms with Crippen molar-refractivity contribution < 1.29 is 9.90 Å². The van der Waals surface area contributed by atoms with Gasteiger partial charge in [0.25, 0.3) is 5.91 Å². The Kier molecular flexibility index (Phi) is 5.37. The van der Waals surface area contributed by atoms with Gasteiger partial charge in [-0.05, 0) is 25.5 Å². The molecule has 0 saturated carbocycles. The lowest BCUT2D eigenvalue weighted by Gasteiger charge is -2.13. The summed E-state index contributed by atoms with van der Waals surface area (Å²) in [6.07, 6.45) is 0.0918. The zero-order valence-electron chi connectivity index (χ0n) is 10.8. The predicted octanol–water partition coefficient (Wildman–Crippen LogP) is 1.30. The van der Waals surface area contributed by atoms with E-state index in [1.165, 1.54) is 6.07 Å². The number of anilines is 1. The molecule has 0 aliphatic rings. The Bertz CT molecular complexity index is 422. The van der Waals surface area contributed by atoms with Crippen molar-refractivity contribution in [2.75, 3.05) is 25.5 Å². The Hall–Kier alpha value is -1.33. The number of aliphatic hydroxyl groups excluding tert-OH is 1. The average molecular weight is 272 g/mol. The van der Waals surface area contributed by atoms with Gasteiger partial charge in [0, 0.05) is 26.2 Å². The first-order chi connectivity index (χ1) is 8.40. The first-order valence-corrected chi connectivity index (χ1v) is 6.09. The maximum Gasteiger partial charge on any atom is 0.251 e. The molecule has 5 nitrogen and oxygen atoms in total. The monoisotopic (exact) mass is 271 g/mol. The Morgan fingerprint density at radius 3 is 2.78 bits per heavy atom. The first kappa shape index (κ1) is 14.7. The number of hydrogen-bond acceptors (Lipinski definition) is 4. The van der Waals surface area contributed by atoms with E-state index in [9.17, 15) is 4.79 Å². The predicted molar refractivity (Wildman–Crippen MR) is 72.2 cm³/mol. The fourth-order valence-electron chi connectivity index (χ4n) is 1.34. The van der Waals surface area contributed by atoms with Crippen molar-refractivity contribution in [2.45, 2.75) is 19.4 Å². The number of rotatable bonds is 5. The average Bonchev–Trinajstić information content (AvgIpc) is 2.27. The number of nitrogens with zero attached hydrogens (tertiary/aromatic N) is 2. The molecule has 0 aromatic carbocycles. The number of aromatic nitrogens is 1. The fraction of sp³-hybridized carbons (Fsp3) is 0.500. The lowest BCUT2D eigenvalue weighted by atomic mass is 10.2. The number of aliphatic hydroxyl groups is 1. The summed E-state index contributed by atoms with van der Waals surface area (Å²) in [5, 5.41) is 12.1. The molecule has 0 aliphatic carbocycles. The van der Waals surface area contributed by atoms with E-state index in [0.717, 1.165) is 0 Å². The van der Waals surface area contributed by atoms with Crippen LogP contribution in [0.3, 0.4) is 0 Å². The van der Waals surface area contributed by atoms with Crippen LogP contribution in [0.1, 0.15) is 23.7 Å². The Labute approximate surface area is 112 Å². The number of nitrogens with one attached hydrogen (secondary N) is 1. The Morgan fingerprint density at radius 2 is 2.22 bits per heavy atom. The van der Waals surface area contributed by atoms with Crippen molar-refractivity contribution in [3.05, 3.63) is 22.8 Å². The molecule has 1 heterocycles. The van der Waals surface area contributed by atoms with Crippen LogP contribution in [0, 0.1) is 0 Å². The molecule has 1 aromatic heterocycles. The molecule has 0 bridgehead atoms. The van der Waals surface area contributed by atoms with Gasteiger partial charge in [0.2, 0.25) is 0 Å². The van der Waals surface area contributed by atoms with Gasteiger partial charge in [-0.3, -0.25) is 4.79 Å². The molecule has 0 aliphatic heterocycles. The summed E-state index contributed by atoms with van der Waals surface area (Å²) in [6, 6.07) is 3.19. The molecule has 0 saturated heterocycles. The number of halogens is 1. The highest BCUT2D eigenvalue weighted by atomic mass is 35.5. The van der Waals surface area contributed by atoms with Gasteiger partial charge in [0.1, 0.15) is 11.0 Å². The third kappa shape index (κ3) is 4.50. The molecule has 1 atom stereocenters. The lowest BCUT2D eigenvalue weighted by Crippen LogP contribution is -2.27. The van der Waals surface area contributed by atoms with E-state index < -0.39 is 6.10 Å². The van der Waals surface area contributed by atoms with Gasteiger partial charge in [0.05, 0.1) is 6.10 Å². The maximum absolute atomic E-state index is 11.9. The smallest absolute Gasteiger partial charge is 0.251 e. The van der Waals surface area contributed by atoms with Crippen LogP contribution in [0.5, 0.6) is 0 Å². The number of hydrogen-bond donors (Lipinski definition) is 2. The summed E-state index contributed by atoms with van der Waals surface area (Å²) in [7, 11) is 3.65. The van der Waals surface area contributed by atoms with E-state index in [0.29, 0.717) is 24.3 Å². The topological polar surface area (TPSA) is 65.5 Å². The van der Waals surface area contributed by atoms with Crippen molar-refractivity contribution >= 4 is 23.3 Å². The molecular formula is C12H18ClN3O2. The van der Waals surface area contributed by atoms with Gasteiger partial charge in [-0.2, -0.15) is 0 Å². The van der Waals surface area contributed by atoms with E-state index in [4.69, 9.17) is 16.7 Å². The third-order valence-corrected chi connectivity index (χ3v) is 2.54. The van der Waals surface area contributed by atoms with Crippen molar-refractivity contribution in [2.24, 2.45) is 0 Å².